The van der Waals surface area contributed by atoms with Gasteiger partial charge in [0.2, 0.25) is 0 Å². The number of nitrogens with one attached hydrogen (secondary N) is 1. The normalized spacial score (nSPS) is 12.9. The van der Waals surface area contributed by atoms with Gasteiger partial charge in [0, 0.05) is 19.6 Å². The third-order valence-corrected chi connectivity index (χ3v) is 2.54. The molecule has 0 radical (unpaired) electrons. The molecule has 0 aliphatic heterocycles. The van der Waals surface area contributed by atoms with Crippen LogP contribution in [0.15, 0.2) is 30.3 Å². The highest BCUT2D eigenvalue weighted by Gasteiger charge is 2.03. The van der Waals surface area contributed by atoms with Gasteiger partial charge in [-0.1, -0.05) is 30.3 Å². The van der Waals surface area contributed by atoms with Crippen molar-refractivity contribution in [3.8, 4) is 0 Å². The Labute approximate surface area is 110 Å². The standard InChI is InChI=1S/C14H24N2O2/c1-16(2)9-8-15-10-14(17)12-18-11-13-6-4-3-5-7-13/h3-7,14-15,17H,8-12H2,1-2H3. The van der Waals surface area contributed by atoms with Gasteiger partial charge in [-0.05, 0) is 19.7 Å². The summed E-state index contributed by atoms with van der Waals surface area (Å²) >= 11 is 0. The summed E-state index contributed by atoms with van der Waals surface area (Å²) in [5, 5.41) is 12.9. The second-order valence-corrected chi connectivity index (χ2v) is 4.66. The minimum absolute atomic E-state index is 0.365. The fourth-order valence-corrected chi connectivity index (χ4v) is 1.52. The molecule has 4 heteroatoms. The van der Waals surface area contributed by atoms with Crippen LogP contribution in [0.3, 0.4) is 0 Å². The Morgan fingerprint density at radius 1 is 1.28 bits per heavy atom. The van der Waals surface area contributed by atoms with Crippen molar-refractivity contribution in [3.05, 3.63) is 35.9 Å². The van der Waals surface area contributed by atoms with Crippen molar-refractivity contribution in [2.24, 2.45) is 0 Å². The first-order chi connectivity index (χ1) is 8.68. The number of aliphatic hydroxyl groups excluding tert-OH is 1. The van der Waals surface area contributed by atoms with Crippen LogP contribution in [0.5, 0.6) is 0 Å². The monoisotopic (exact) mass is 252 g/mol. The van der Waals surface area contributed by atoms with Crippen molar-refractivity contribution >= 4 is 0 Å². The van der Waals surface area contributed by atoms with E-state index in [9.17, 15) is 5.11 Å². The van der Waals surface area contributed by atoms with Crippen LogP contribution in [0.1, 0.15) is 5.56 Å². The molecule has 0 aliphatic carbocycles. The summed E-state index contributed by atoms with van der Waals surface area (Å²) in [5.41, 5.74) is 1.13. The summed E-state index contributed by atoms with van der Waals surface area (Å²) in [4.78, 5) is 2.10. The minimum atomic E-state index is -0.448. The number of rotatable bonds is 9. The molecule has 1 aromatic rings. The molecule has 1 rings (SSSR count). The van der Waals surface area contributed by atoms with Crippen molar-refractivity contribution < 1.29 is 9.84 Å². The van der Waals surface area contributed by atoms with E-state index in [1.54, 1.807) is 0 Å². The predicted octanol–water partition coefficient (Wildman–Crippen LogP) is 0.715. The smallest absolute Gasteiger partial charge is 0.0897 e. The number of hydrogen-bond donors (Lipinski definition) is 2. The molecule has 0 aromatic heterocycles. The lowest BCUT2D eigenvalue weighted by molar-refractivity contribution is 0.0288. The van der Waals surface area contributed by atoms with Crippen molar-refractivity contribution in [2.45, 2.75) is 12.7 Å². The Morgan fingerprint density at radius 3 is 2.67 bits per heavy atom. The van der Waals surface area contributed by atoms with Gasteiger partial charge in [0.1, 0.15) is 0 Å². The fraction of sp³-hybridized carbons (Fsp3) is 0.571. The molecule has 0 saturated heterocycles. The number of hydrogen-bond acceptors (Lipinski definition) is 4. The van der Waals surface area contributed by atoms with E-state index in [-0.39, 0.29) is 0 Å². The maximum atomic E-state index is 9.69. The van der Waals surface area contributed by atoms with E-state index < -0.39 is 6.10 Å². The highest BCUT2D eigenvalue weighted by Crippen LogP contribution is 2.00. The Bertz CT molecular complexity index is 304. The number of likely N-dealkylation sites (N-methyl/N-ethyl adjacent to an activating group) is 1. The molecular weight excluding hydrogens is 228 g/mol. The molecule has 2 N–H and O–H groups in total. The van der Waals surface area contributed by atoms with Gasteiger partial charge in [0.05, 0.1) is 19.3 Å². The zero-order chi connectivity index (χ0) is 13.2. The van der Waals surface area contributed by atoms with Crippen LogP contribution in [-0.2, 0) is 11.3 Å². The number of benzene rings is 1. The Hall–Kier alpha value is -0.940. The second kappa shape index (κ2) is 9.05. The van der Waals surface area contributed by atoms with E-state index in [2.05, 4.69) is 10.2 Å². The van der Waals surface area contributed by atoms with Crippen LogP contribution in [-0.4, -0.2) is 56.4 Å². The van der Waals surface area contributed by atoms with Gasteiger partial charge >= 0.3 is 0 Å². The Morgan fingerprint density at radius 2 is 2.00 bits per heavy atom. The molecule has 0 bridgehead atoms. The molecule has 0 aliphatic rings. The molecule has 1 aromatic carbocycles. The van der Waals surface area contributed by atoms with Gasteiger partial charge in [-0.2, -0.15) is 0 Å². The Balaban J connectivity index is 2.01. The van der Waals surface area contributed by atoms with Crippen LogP contribution >= 0.6 is 0 Å². The van der Waals surface area contributed by atoms with Crippen molar-refractivity contribution in [1.82, 2.24) is 10.2 Å². The summed E-state index contributed by atoms with van der Waals surface area (Å²) in [7, 11) is 4.06. The lowest BCUT2D eigenvalue weighted by atomic mass is 10.2. The zero-order valence-corrected chi connectivity index (χ0v) is 11.3. The summed E-state index contributed by atoms with van der Waals surface area (Å²) in [5.74, 6) is 0. The number of nitrogens with zero attached hydrogens (tertiary/aromatic N) is 1. The lowest BCUT2D eigenvalue weighted by Crippen LogP contribution is -2.34. The molecule has 1 unspecified atom stereocenters. The van der Waals surface area contributed by atoms with Crippen LogP contribution in [0, 0.1) is 0 Å². The largest absolute Gasteiger partial charge is 0.389 e. The van der Waals surface area contributed by atoms with Gasteiger partial charge in [-0.15, -0.1) is 0 Å². The average Bonchev–Trinajstić information content (AvgIpc) is 2.36. The van der Waals surface area contributed by atoms with E-state index in [0.29, 0.717) is 19.8 Å². The molecule has 0 spiro atoms. The van der Waals surface area contributed by atoms with Crippen LogP contribution in [0.4, 0.5) is 0 Å². The van der Waals surface area contributed by atoms with E-state index in [4.69, 9.17) is 4.74 Å². The quantitative estimate of drug-likeness (QED) is 0.636. The first-order valence-electron chi connectivity index (χ1n) is 6.33. The first-order valence-corrected chi connectivity index (χ1v) is 6.33. The molecule has 0 saturated carbocycles. The van der Waals surface area contributed by atoms with Crippen molar-refractivity contribution in [1.29, 1.82) is 0 Å². The SMILES string of the molecule is CN(C)CCNCC(O)COCc1ccccc1. The molecule has 0 heterocycles. The van der Waals surface area contributed by atoms with Crippen molar-refractivity contribution in [3.63, 3.8) is 0 Å². The lowest BCUT2D eigenvalue weighted by Gasteiger charge is -2.14. The highest BCUT2D eigenvalue weighted by atomic mass is 16.5. The van der Waals surface area contributed by atoms with E-state index >= 15 is 0 Å². The van der Waals surface area contributed by atoms with E-state index in [0.717, 1.165) is 18.7 Å². The second-order valence-electron chi connectivity index (χ2n) is 4.66. The third kappa shape index (κ3) is 7.40. The van der Waals surface area contributed by atoms with Crippen LogP contribution in [0.25, 0.3) is 0 Å². The fourth-order valence-electron chi connectivity index (χ4n) is 1.52. The summed E-state index contributed by atoms with van der Waals surface area (Å²) in [6.45, 7) is 3.34. The van der Waals surface area contributed by atoms with Gasteiger partial charge < -0.3 is 20.1 Å². The van der Waals surface area contributed by atoms with Gasteiger partial charge in [0.25, 0.3) is 0 Å². The minimum Gasteiger partial charge on any atom is -0.389 e. The maximum absolute atomic E-state index is 9.69. The molecule has 102 valence electrons. The van der Waals surface area contributed by atoms with Crippen LogP contribution < -0.4 is 5.32 Å². The molecular formula is C14H24N2O2. The zero-order valence-electron chi connectivity index (χ0n) is 11.3. The molecule has 1 atom stereocenters. The molecule has 18 heavy (non-hydrogen) atoms. The summed E-state index contributed by atoms with van der Waals surface area (Å²) < 4.78 is 5.46. The average molecular weight is 252 g/mol. The van der Waals surface area contributed by atoms with Gasteiger partial charge in [0.15, 0.2) is 0 Å². The molecule has 4 nitrogen and oxygen atoms in total. The van der Waals surface area contributed by atoms with Crippen LogP contribution in [0.2, 0.25) is 0 Å². The van der Waals surface area contributed by atoms with E-state index in [1.165, 1.54) is 0 Å². The Kier molecular flexibility index (Phi) is 7.60. The number of ether oxygens (including phenoxy) is 1. The highest BCUT2D eigenvalue weighted by molar-refractivity contribution is 5.13. The first kappa shape index (κ1) is 15.1. The van der Waals surface area contributed by atoms with E-state index in [1.807, 2.05) is 44.4 Å². The molecule has 0 fully saturated rings. The number of aliphatic hydroxyl groups is 1. The summed E-state index contributed by atoms with van der Waals surface area (Å²) in [6, 6.07) is 9.98. The third-order valence-electron chi connectivity index (χ3n) is 2.54. The topological polar surface area (TPSA) is 44.7 Å². The maximum Gasteiger partial charge on any atom is 0.0897 e. The summed E-state index contributed by atoms with van der Waals surface area (Å²) in [6.07, 6.45) is -0.448. The van der Waals surface area contributed by atoms with Crippen molar-refractivity contribution in [2.75, 3.05) is 40.3 Å². The van der Waals surface area contributed by atoms with Gasteiger partial charge in [-0.3, -0.25) is 0 Å². The molecule has 0 amide bonds. The predicted molar refractivity (Wildman–Crippen MR) is 73.5 cm³/mol. The van der Waals surface area contributed by atoms with Gasteiger partial charge in [-0.25, -0.2) is 0 Å².